The third-order valence-corrected chi connectivity index (χ3v) is 2.84. The van der Waals surface area contributed by atoms with Gasteiger partial charge in [0.05, 0.1) is 0 Å². The number of ether oxygens (including phenoxy) is 1. The Morgan fingerprint density at radius 3 is 2.18 bits per heavy atom. The second kappa shape index (κ2) is 4.50. The average Bonchev–Trinajstić information content (AvgIpc) is 2.32. The first-order valence-electron chi connectivity index (χ1n) is 5.62. The molecular weight excluding hydrogens is 212 g/mol. The minimum absolute atomic E-state index is 0.216. The van der Waals surface area contributed by atoms with E-state index in [4.69, 9.17) is 4.74 Å². The molecule has 1 N–H and O–H groups in total. The molecule has 0 saturated heterocycles. The maximum absolute atomic E-state index is 10.0. The molecule has 2 aromatic carbocycles. The van der Waals surface area contributed by atoms with Crippen molar-refractivity contribution in [1.29, 1.82) is 0 Å². The predicted octanol–water partition coefficient (Wildman–Crippen LogP) is 4.11. The number of hydrogen-bond acceptors (Lipinski definition) is 2. The van der Waals surface area contributed by atoms with Gasteiger partial charge in [0.25, 0.3) is 0 Å². The van der Waals surface area contributed by atoms with Crippen molar-refractivity contribution in [1.82, 2.24) is 0 Å². The third kappa shape index (κ3) is 2.26. The zero-order valence-corrected chi connectivity index (χ0v) is 10.3. The van der Waals surface area contributed by atoms with Crippen LogP contribution in [0.1, 0.15) is 16.7 Å². The van der Waals surface area contributed by atoms with Crippen LogP contribution in [0.25, 0.3) is 0 Å². The van der Waals surface area contributed by atoms with Crippen LogP contribution in [0, 0.1) is 20.8 Å². The molecule has 0 aromatic heterocycles. The molecule has 0 amide bonds. The first-order chi connectivity index (χ1) is 8.09. The number of aryl methyl sites for hydroxylation is 3. The summed E-state index contributed by atoms with van der Waals surface area (Å²) in [7, 11) is 0. The van der Waals surface area contributed by atoms with E-state index in [9.17, 15) is 5.11 Å². The topological polar surface area (TPSA) is 29.5 Å². The van der Waals surface area contributed by atoms with E-state index >= 15 is 0 Å². The lowest BCUT2D eigenvalue weighted by Gasteiger charge is -2.13. The smallest absolute Gasteiger partial charge is 0.172 e. The number of benzene rings is 2. The van der Waals surface area contributed by atoms with Gasteiger partial charge in [-0.1, -0.05) is 30.3 Å². The SMILES string of the molecule is Cc1ccccc1Oc1c(C)ccc(C)c1O. The second-order valence-corrected chi connectivity index (χ2v) is 4.24. The summed E-state index contributed by atoms with van der Waals surface area (Å²) in [5.41, 5.74) is 2.79. The molecule has 0 bridgehead atoms. The zero-order chi connectivity index (χ0) is 12.4. The van der Waals surface area contributed by atoms with E-state index < -0.39 is 0 Å². The van der Waals surface area contributed by atoms with Crippen LogP contribution in [-0.2, 0) is 0 Å². The van der Waals surface area contributed by atoms with Crippen molar-refractivity contribution in [3.63, 3.8) is 0 Å². The van der Waals surface area contributed by atoms with Gasteiger partial charge in [0.15, 0.2) is 11.5 Å². The Hall–Kier alpha value is -1.96. The summed E-state index contributed by atoms with van der Waals surface area (Å²) < 4.78 is 5.80. The predicted molar refractivity (Wildman–Crippen MR) is 68.8 cm³/mol. The zero-order valence-electron chi connectivity index (χ0n) is 10.3. The van der Waals surface area contributed by atoms with Crippen molar-refractivity contribution in [2.45, 2.75) is 20.8 Å². The van der Waals surface area contributed by atoms with Gasteiger partial charge in [-0.2, -0.15) is 0 Å². The fraction of sp³-hybridized carbons (Fsp3) is 0.200. The van der Waals surface area contributed by atoms with Gasteiger partial charge in [-0.3, -0.25) is 0 Å². The summed E-state index contributed by atoms with van der Waals surface area (Å²) in [5.74, 6) is 1.53. The first-order valence-corrected chi connectivity index (χ1v) is 5.62. The molecule has 17 heavy (non-hydrogen) atoms. The van der Waals surface area contributed by atoms with Crippen molar-refractivity contribution < 1.29 is 9.84 Å². The van der Waals surface area contributed by atoms with E-state index in [1.807, 2.05) is 57.2 Å². The van der Waals surface area contributed by atoms with Gasteiger partial charge in [-0.15, -0.1) is 0 Å². The molecular formula is C15H16O2. The molecule has 0 heterocycles. The minimum atomic E-state index is 0.216. The molecule has 0 atom stereocenters. The average molecular weight is 228 g/mol. The van der Waals surface area contributed by atoms with Crippen LogP contribution >= 0.6 is 0 Å². The lowest BCUT2D eigenvalue weighted by molar-refractivity contribution is 0.405. The molecule has 0 spiro atoms. The van der Waals surface area contributed by atoms with Crippen LogP contribution in [0.2, 0.25) is 0 Å². The van der Waals surface area contributed by atoms with Crippen LogP contribution in [0.5, 0.6) is 17.2 Å². The Kier molecular flexibility index (Phi) is 3.05. The van der Waals surface area contributed by atoms with Crippen molar-refractivity contribution >= 4 is 0 Å². The van der Waals surface area contributed by atoms with Crippen molar-refractivity contribution in [3.05, 3.63) is 53.1 Å². The molecule has 0 aliphatic heterocycles. The number of para-hydroxylation sites is 1. The van der Waals surface area contributed by atoms with Crippen molar-refractivity contribution in [2.75, 3.05) is 0 Å². The van der Waals surface area contributed by atoms with E-state index in [0.717, 1.165) is 22.4 Å². The molecule has 0 radical (unpaired) electrons. The number of hydrogen-bond donors (Lipinski definition) is 1. The van der Waals surface area contributed by atoms with Gasteiger partial charge in [-0.25, -0.2) is 0 Å². The van der Waals surface area contributed by atoms with Crippen LogP contribution in [-0.4, -0.2) is 5.11 Å². The second-order valence-electron chi connectivity index (χ2n) is 4.24. The Morgan fingerprint density at radius 1 is 0.824 bits per heavy atom. The number of phenols is 1. The van der Waals surface area contributed by atoms with Gasteiger partial charge >= 0.3 is 0 Å². The van der Waals surface area contributed by atoms with Gasteiger partial charge in [0, 0.05) is 0 Å². The molecule has 0 unspecified atom stereocenters. The van der Waals surface area contributed by atoms with Crippen LogP contribution < -0.4 is 4.74 Å². The standard InChI is InChI=1S/C15H16O2/c1-10-6-4-5-7-13(10)17-15-12(3)9-8-11(2)14(15)16/h4-9,16H,1-3H3. The quantitative estimate of drug-likeness (QED) is 0.838. The van der Waals surface area contributed by atoms with Crippen LogP contribution in [0.15, 0.2) is 36.4 Å². The molecule has 0 saturated carbocycles. The summed E-state index contributed by atoms with van der Waals surface area (Å²) in [4.78, 5) is 0. The highest BCUT2D eigenvalue weighted by atomic mass is 16.5. The van der Waals surface area contributed by atoms with E-state index in [0.29, 0.717) is 5.75 Å². The third-order valence-electron chi connectivity index (χ3n) is 2.84. The largest absolute Gasteiger partial charge is 0.504 e. The molecule has 0 aliphatic rings. The Morgan fingerprint density at radius 2 is 1.47 bits per heavy atom. The molecule has 2 heteroatoms. The van der Waals surface area contributed by atoms with Gasteiger partial charge in [0.1, 0.15) is 5.75 Å². The molecule has 0 fully saturated rings. The molecule has 0 aliphatic carbocycles. The maximum Gasteiger partial charge on any atom is 0.172 e. The summed E-state index contributed by atoms with van der Waals surface area (Å²) in [6.07, 6.45) is 0. The van der Waals surface area contributed by atoms with Crippen LogP contribution in [0.3, 0.4) is 0 Å². The monoisotopic (exact) mass is 228 g/mol. The van der Waals surface area contributed by atoms with Crippen molar-refractivity contribution in [3.8, 4) is 17.2 Å². The first kappa shape index (κ1) is 11.5. The Bertz CT molecular complexity index is 545. The summed E-state index contributed by atoms with van der Waals surface area (Å²) >= 11 is 0. The Labute approximate surface area is 101 Å². The number of aromatic hydroxyl groups is 1. The minimum Gasteiger partial charge on any atom is -0.504 e. The highest BCUT2D eigenvalue weighted by molar-refractivity contribution is 5.52. The highest BCUT2D eigenvalue weighted by Gasteiger charge is 2.10. The van der Waals surface area contributed by atoms with E-state index in [-0.39, 0.29) is 5.75 Å². The van der Waals surface area contributed by atoms with E-state index in [2.05, 4.69) is 0 Å². The normalized spacial score (nSPS) is 10.3. The van der Waals surface area contributed by atoms with Gasteiger partial charge in [0.2, 0.25) is 0 Å². The van der Waals surface area contributed by atoms with Crippen LogP contribution in [0.4, 0.5) is 0 Å². The summed E-state index contributed by atoms with van der Waals surface area (Å²) in [6, 6.07) is 11.6. The molecule has 88 valence electrons. The van der Waals surface area contributed by atoms with Gasteiger partial charge in [-0.05, 0) is 43.5 Å². The molecule has 2 rings (SSSR count). The van der Waals surface area contributed by atoms with Crippen molar-refractivity contribution in [2.24, 2.45) is 0 Å². The number of rotatable bonds is 2. The molecule has 2 nitrogen and oxygen atoms in total. The Balaban J connectivity index is 2.43. The lowest BCUT2D eigenvalue weighted by Crippen LogP contribution is -1.91. The highest BCUT2D eigenvalue weighted by Crippen LogP contribution is 2.37. The lowest BCUT2D eigenvalue weighted by atomic mass is 10.1. The maximum atomic E-state index is 10.0. The summed E-state index contributed by atoms with van der Waals surface area (Å²) in [6.45, 7) is 5.77. The fourth-order valence-corrected chi connectivity index (χ4v) is 1.68. The van der Waals surface area contributed by atoms with E-state index in [1.54, 1.807) is 0 Å². The van der Waals surface area contributed by atoms with E-state index in [1.165, 1.54) is 0 Å². The number of phenolic OH excluding ortho intramolecular Hbond substituents is 1. The van der Waals surface area contributed by atoms with Gasteiger partial charge < -0.3 is 9.84 Å². The summed E-state index contributed by atoms with van der Waals surface area (Å²) in [5, 5.41) is 10.0. The fourth-order valence-electron chi connectivity index (χ4n) is 1.68. The molecule has 2 aromatic rings.